The Bertz CT molecular complexity index is 1140. The molecule has 2 aliphatic rings. The van der Waals surface area contributed by atoms with Gasteiger partial charge in [-0.2, -0.15) is 0 Å². The number of hydrogen-bond donors (Lipinski definition) is 2. The summed E-state index contributed by atoms with van der Waals surface area (Å²) < 4.78 is 5.08. The molecule has 2 aromatic carbocycles. The van der Waals surface area contributed by atoms with Gasteiger partial charge in [-0.3, -0.25) is 19.2 Å². The van der Waals surface area contributed by atoms with Gasteiger partial charge in [-0.25, -0.2) is 9.69 Å². The monoisotopic (exact) mass is 449 g/mol. The van der Waals surface area contributed by atoms with Crippen LogP contribution >= 0.6 is 0 Å². The molecule has 1 aliphatic heterocycles. The lowest BCUT2D eigenvalue weighted by Gasteiger charge is -2.14. The SMILES string of the molecule is CC(=O)Nc1ccc(N2C(=O)c3ccc(C(=O)OCC(=O)NC4CCCC4)cc3C2=O)cc1. The van der Waals surface area contributed by atoms with Crippen LogP contribution in [0, 0.1) is 0 Å². The maximum Gasteiger partial charge on any atom is 0.338 e. The molecule has 9 nitrogen and oxygen atoms in total. The van der Waals surface area contributed by atoms with Crippen molar-refractivity contribution >= 4 is 41.0 Å². The molecule has 0 radical (unpaired) electrons. The van der Waals surface area contributed by atoms with Gasteiger partial charge in [0.15, 0.2) is 6.61 Å². The summed E-state index contributed by atoms with van der Waals surface area (Å²) in [5.74, 6) is -2.44. The van der Waals surface area contributed by atoms with E-state index < -0.39 is 24.4 Å². The molecule has 0 bridgehead atoms. The molecule has 2 aromatic rings. The summed E-state index contributed by atoms with van der Waals surface area (Å²) in [6, 6.07) is 10.5. The summed E-state index contributed by atoms with van der Waals surface area (Å²) in [7, 11) is 0. The highest BCUT2D eigenvalue weighted by molar-refractivity contribution is 6.34. The van der Waals surface area contributed by atoms with Crippen LogP contribution in [0.4, 0.5) is 11.4 Å². The Kier molecular flexibility index (Phi) is 6.21. The average molecular weight is 449 g/mol. The molecule has 1 fully saturated rings. The zero-order valence-corrected chi connectivity index (χ0v) is 18.1. The molecule has 0 unspecified atom stereocenters. The van der Waals surface area contributed by atoms with E-state index in [1.807, 2.05) is 0 Å². The van der Waals surface area contributed by atoms with Crippen LogP contribution in [0.5, 0.6) is 0 Å². The van der Waals surface area contributed by atoms with Crippen molar-refractivity contribution in [2.45, 2.75) is 38.6 Å². The number of rotatable bonds is 6. The molecule has 9 heteroatoms. The Morgan fingerprint density at radius 2 is 1.64 bits per heavy atom. The molecule has 1 aliphatic carbocycles. The molecule has 170 valence electrons. The minimum absolute atomic E-state index is 0.0754. The second kappa shape index (κ2) is 9.23. The molecule has 0 spiro atoms. The third-order valence-corrected chi connectivity index (χ3v) is 5.62. The fourth-order valence-corrected chi connectivity index (χ4v) is 4.05. The van der Waals surface area contributed by atoms with Gasteiger partial charge in [0.25, 0.3) is 17.7 Å². The van der Waals surface area contributed by atoms with E-state index in [-0.39, 0.29) is 34.5 Å². The predicted octanol–water partition coefficient (Wildman–Crippen LogP) is 2.66. The lowest BCUT2D eigenvalue weighted by molar-refractivity contribution is -0.124. The highest BCUT2D eigenvalue weighted by atomic mass is 16.5. The van der Waals surface area contributed by atoms with E-state index in [1.165, 1.54) is 25.1 Å². The van der Waals surface area contributed by atoms with Gasteiger partial charge in [0.1, 0.15) is 0 Å². The zero-order chi connectivity index (χ0) is 23.5. The zero-order valence-electron chi connectivity index (χ0n) is 18.1. The minimum Gasteiger partial charge on any atom is -0.452 e. The molecule has 0 saturated heterocycles. The van der Waals surface area contributed by atoms with Crippen LogP contribution in [-0.2, 0) is 14.3 Å². The number of imide groups is 1. The van der Waals surface area contributed by atoms with Crippen LogP contribution in [0.1, 0.15) is 63.7 Å². The highest BCUT2D eigenvalue weighted by Gasteiger charge is 2.37. The lowest BCUT2D eigenvalue weighted by atomic mass is 10.1. The van der Waals surface area contributed by atoms with Crippen LogP contribution in [-0.4, -0.2) is 42.2 Å². The van der Waals surface area contributed by atoms with Gasteiger partial charge in [0, 0.05) is 18.7 Å². The van der Waals surface area contributed by atoms with Crippen molar-refractivity contribution in [3.63, 3.8) is 0 Å². The number of benzene rings is 2. The maximum atomic E-state index is 12.9. The van der Waals surface area contributed by atoms with Gasteiger partial charge in [0.2, 0.25) is 5.91 Å². The molecule has 0 atom stereocenters. The van der Waals surface area contributed by atoms with Crippen molar-refractivity contribution in [2.75, 3.05) is 16.8 Å². The van der Waals surface area contributed by atoms with Crippen molar-refractivity contribution in [3.8, 4) is 0 Å². The first kappa shape index (κ1) is 22.2. The number of hydrogen-bond acceptors (Lipinski definition) is 6. The molecule has 33 heavy (non-hydrogen) atoms. The van der Waals surface area contributed by atoms with Crippen LogP contribution in [0.15, 0.2) is 42.5 Å². The quantitative estimate of drug-likeness (QED) is 0.517. The largest absolute Gasteiger partial charge is 0.452 e. The van der Waals surface area contributed by atoms with Crippen LogP contribution in [0.25, 0.3) is 0 Å². The molecule has 4 rings (SSSR count). The van der Waals surface area contributed by atoms with Crippen LogP contribution in [0.3, 0.4) is 0 Å². The third kappa shape index (κ3) is 4.77. The smallest absolute Gasteiger partial charge is 0.338 e. The maximum absolute atomic E-state index is 12.9. The summed E-state index contributed by atoms with van der Waals surface area (Å²) in [4.78, 5) is 62.3. The Morgan fingerprint density at radius 1 is 0.970 bits per heavy atom. The predicted molar refractivity (Wildman–Crippen MR) is 119 cm³/mol. The molecule has 1 saturated carbocycles. The second-order valence-electron chi connectivity index (χ2n) is 8.06. The van der Waals surface area contributed by atoms with E-state index in [9.17, 15) is 24.0 Å². The Balaban J connectivity index is 1.43. The molecule has 0 aromatic heterocycles. The summed E-state index contributed by atoms with van der Waals surface area (Å²) in [5.41, 5.74) is 1.19. The number of esters is 1. The first-order valence-electron chi connectivity index (χ1n) is 10.7. The average Bonchev–Trinajstić information content (AvgIpc) is 3.38. The normalized spacial score (nSPS) is 15.4. The first-order chi connectivity index (χ1) is 15.8. The van der Waals surface area contributed by atoms with Gasteiger partial charge in [-0.15, -0.1) is 0 Å². The number of amides is 4. The van der Waals surface area contributed by atoms with Gasteiger partial charge in [-0.05, 0) is 55.3 Å². The summed E-state index contributed by atoms with van der Waals surface area (Å²) in [5, 5.41) is 5.45. The highest BCUT2D eigenvalue weighted by Crippen LogP contribution is 2.30. The fraction of sp³-hybridized carbons (Fsp3) is 0.292. The van der Waals surface area contributed by atoms with Gasteiger partial charge in [-0.1, -0.05) is 12.8 Å². The van der Waals surface area contributed by atoms with E-state index in [2.05, 4.69) is 10.6 Å². The van der Waals surface area contributed by atoms with Crippen molar-refractivity contribution < 1.29 is 28.7 Å². The van der Waals surface area contributed by atoms with E-state index in [0.29, 0.717) is 11.4 Å². The number of anilines is 2. The second-order valence-corrected chi connectivity index (χ2v) is 8.06. The van der Waals surface area contributed by atoms with Crippen molar-refractivity contribution in [3.05, 3.63) is 59.2 Å². The number of ether oxygens (including phenoxy) is 1. The van der Waals surface area contributed by atoms with E-state index in [0.717, 1.165) is 30.6 Å². The van der Waals surface area contributed by atoms with Gasteiger partial charge < -0.3 is 15.4 Å². The standard InChI is InChI=1S/C24H23N3O6/c1-14(28)25-17-7-9-18(10-8-17)27-22(30)19-11-6-15(12-20(19)23(27)31)24(32)33-13-21(29)26-16-4-2-3-5-16/h6-12,16H,2-5,13H2,1H3,(H,25,28)(H,26,29). The van der Waals surface area contributed by atoms with Crippen molar-refractivity contribution in [2.24, 2.45) is 0 Å². The fourth-order valence-electron chi connectivity index (χ4n) is 4.05. The molecule has 1 heterocycles. The molecule has 4 amide bonds. The van der Waals surface area contributed by atoms with E-state index in [1.54, 1.807) is 24.3 Å². The van der Waals surface area contributed by atoms with E-state index in [4.69, 9.17) is 4.74 Å². The number of carbonyl (C=O) groups is 5. The Morgan fingerprint density at radius 3 is 2.30 bits per heavy atom. The third-order valence-electron chi connectivity index (χ3n) is 5.62. The number of carbonyl (C=O) groups excluding carboxylic acids is 5. The Hall–Kier alpha value is -4.01. The van der Waals surface area contributed by atoms with Crippen LogP contribution in [0.2, 0.25) is 0 Å². The van der Waals surface area contributed by atoms with Crippen molar-refractivity contribution in [1.82, 2.24) is 5.32 Å². The molecular formula is C24H23N3O6. The molecule has 2 N–H and O–H groups in total. The molecular weight excluding hydrogens is 426 g/mol. The summed E-state index contributed by atoms with van der Waals surface area (Å²) in [6.07, 6.45) is 3.99. The topological polar surface area (TPSA) is 122 Å². The number of nitrogens with one attached hydrogen (secondary N) is 2. The van der Waals surface area contributed by atoms with Gasteiger partial charge >= 0.3 is 5.97 Å². The first-order valence-corrected chi connectivity index (χ1v) is 10.7. The minimum atomic E-state index is -0.752. The van der Waals surface area contributed by atoms with E-state index >= 15 is 0 Å². The van der Waals surface area contributed by atoms with Crippen molar-refractivity contribution in [1.29, 1.82) is 0 Å². The lowest BCUT2D eigenvalue weighted by Crippen LogP contribution is -2.35. The Labute approximate surface area is 190 Å². The summed E-state index contributed by atoms with van der Waals surface area (Å²) in [6.45, 7) is 0.967. The number of nitrogens with zero attached hydrogens (tertiary/aromatic N) is 1. The summed E-state index contributed by atoms with van der Waals surface area (Å²) >= 11 is 0. The number of fused-ring (bicyclic) bond motifs is 1. The van der Waals surface area contributed by atoms with Gasteiger partial charge in [0.05, 0.1) is 22.4 Å². The van der Waals surface area contributed by atoms with Crippen LogP contribution < -0.4 is 15.5 Å².